The van der Waals surface area contributed by atoms with Gasteiger partial charge in [0.15, 0.2) is 0 Å². The van der Waals surface area contributed by atoms with Gasteiger partial charge in [-0.25, -0.2) is 0 Å². The Morgan fingerprint density at radius 3 is 1.25 bits per heavy atom. The average Bonchev–Trinajstić information content (AvgIpc) is 0.918. The Hall–Kier alpha value is 2.36. The van der Waals surface area contributed by atoms with Crippen LogP contribution in [0.5, 0.6) is 0 Å². The van der Waals surface area contributed by atoms with Crippen molar-refractivity contribution in [2.24, 2.45) is 0 Å². The van der Waals surface area contributed by atoms with Crippen molar-refractivity contribution < 1.29 is 13.1 Å². The Balaban J connectivity index is 0. The second-order valence-corrected chi connectivity index (χ2v) is 1.87. The predicted octanol–water partition coefficient (Wildman–Crippen LogP) is 0.996. The zero-order chi connectivity index (χ0) is 2.71. The van der Waals surface area contributed by atoms with Crippen LogP contribution < -0.4 is 0 Å². The van der Waals surface area contributed by atoms with Gasteiger partial charge in [-0.1, -0.05) is 0 Å². The van der Waals surface area contributed by atoms with Crippen molar-refractivity contribution in [1.82, 2.24) is 0 Å². The predicted molar refractivity (Wildman–Crippen MR) is 17.5 cm³/mol. The third-order valence-corrected chi connectivity index (χ3v) is 0. The van der Waals surface area contributed by atoms with Crippen molar-refractivity contribution >= 4 is 57.9 Å². The first-order valence-corrected chi connectivity index (χ1v) is 3.31. The molecule has 0 nitrogen and oxygen atoms in total. The van der Waals surface area contributed by atoms with Crippen molar-refractivity contribution in [1.29, 1.82) is 0 Å². The molecule has 0 aliphatic carbocycles. The number of hydrogen-bond acceptors (Lipinski definition) is 0. The molecule has 0 saturated carbocycles. The summed E-state index contributed by atoms with van der Waals surface area (Å²) in [7, 11) is 9.53. The quantitative estimate of drug-likeness (QED) is 0.472. The van der Waals surface area contributed by atoms with Crippen molar-refractivity contribution in [2.45, 2.75) is 0 Å². The molecule has 0 aliphatic heterocycles. The molecule has 0 saturated heterocycles. The monoisotopic (exact) mass is 166 g/mol. The Morgan fingerprint density at radius 1 is 1.25 bits per heavy atom. The molecule has 0 rings (SSSR count). The fraction of sp³-hybridized carbons (Fsp3) is 0. The maximum absolute atomic E-state index is 4.76. The van der Waals surface area contributed by atoms with Crippen LogP contribution in [0.3, 0.4) is 0 Å². The maximum atomic E-state index is 4.76. The summed E-state index contributed by atoms with van der Waals surface area (Å²) in [5, 5.41) is 0. The van der Waals surface area contributed by atoms with E-state index in [1.807, 2.05) is 0 Å². The second-order valence-electron chi connectivity index (χ2n) is 0.0505. The van der Waals surface area contributed by atoms with Gasteiger partial charge >= 0.3 is 33.3 Å². The van der Waals surface area contributed by atoms with E-state index in [1.54, 1.807) is 0 Å². The van der Waals surface area contributed by atoms with Crippen LogP contribution in [-0.2, 0) is 13.1 Å². The van der Waals surface area contributed by atoms with Gasteiger partial charge in [-0.2, -0.15) is 0 Å². The van der Waals surface area contributed by atoms with E-state index in [2.05, 4.69) is 0 Å². The van der Waals surface area contributed by atoms with Crippen LogP contribution in [0.15, 0.2) is 0 Å². The van der Waals surface area contributed by atoms with E-state index < -0.39 is 0 Å². The van der Waals surface area contributed by atoms with Crippen molar-refractivity contribution in [3.8, 4) is 0 Å². The Morgan fingerprint density at radius 2 is 1.25 bits per heavy atom. The molecule has 0 spiro atoms. The van der Waals surface area contributed by atoms with Gasteiger partial charge in [0.2, 0.25) is 0 Å². The molecule has 0 fully saturated rings. The summed E-state index contributed by atoms with van der Waals surface area (Å²) >= 11 is 0.194. The molecule has 0 amide bonds. The number of hydrogen-bond donors (Lipinski definition) is 0. The standard InChI is InChI=1S/Ca.2ClH.Fe/h;2*1H;/q;;;+2/p-2. The van der Waals surface area contributed by atoms with Crippen LogP contribution in [0.2, 0.25) is 0 Å². The van der Waals surface area contributed by atoms with Gasteiger partial charge in [0, 0.05) is 37.7 Å². The molecule has 0 N–H and O–H groups in total. The van der Waals surface area contributed by atoms with Crippen LogP contribution >= 0.6 is 20.2 Å². The fourth-order valence-electron chi connectivity index (χ4n) is 0. The molecule has 4 heteroatoms. The average molecular weight is 167 g/mol. The zero-order valence-corrected chi connectivity index (χ0v) is 6.64. The van der Waals surface area contributed by atoms with Gasteiger partial charge in [-0.3, -0.25) is 0 Å². The first-order valence-electron chi connectivity index (χ1n) is 0.267. The van der Waals surface area contributed by atoms with E-state index in [9.17, 15) is 0 Å². The summed E-state index contributed by atoms with van der Waals surface area (Å²) in [6.45, 7) is 0. The molecule has 24 valence electrons. The van der Waals surface area contributed by atoms with E-state index in [4.69, 9.17) is 20.2 Å². The van der Waals surface area contributed by atoms with E-state index in [0.29, 0.717) is 0 Å². The Labute approximate surface area is 69.8 Å². The SMILES string of the molecule is [Ca].[Cl][Fe][Cl]. The van der Waals surface area contributed by atoms with E-state index >= 15 is 0 Å². The molecule has 0 aromatic carbocycles. The minimum atomic E-state index is 0. The van der Waals surface area contributed by atoms with E-state index in [1.165, 1.54) is 0 Å². The fourth-order valence-corrected chi connectivity index (χ4v) is 0. The second kappa shape index (κ2) is 9.02. The van der Waals surface area contributed by atoms with E-state index in [-0.39, 0.29) is 50.9 Å². The van der Waals surface area contributed by atoms with Crippen LogP contribution in [0.25, 0.3) is 0 Å². The molecule has 2 radical (unpaired) electrons. The van der Waals surface area contributed by atoms with Crippen LogP contribution in [-0.4, -0.2) is 37.7 Å². The molecule has 0 unspecified atom stereocenters. The number of halogens is 2. The molecule has 0 atom stereocenters. The van der Waals surface area contributed by atoms with Gasteiger partial charge in [0.1, 0.15) is 0 Å². The van der Waals surface area contributed by atoms with Crippen LogP contribution in [0.4, 0.5) is 0 Å². The molecular formula is CaCl2Fe. The molecule has 0 bridgehead atoms. The van der Waals surface area contributed by atoms with Crippen LogP contribution in [0.1, 0.15) is 0 Å². The van der Waals surface area contributed by atoms with Crippen molar-refractivity contribution in [3.05, 3.63) is 0 Å². The normalized spacial score (nSPS) is 5.50. The summed E-state index contributed by atoms with van der Waals surface area (Å²) in [5.74, 6) is 0. The van der Waals surface area contributed by atoms with Crippen molar-refractivity contribution in [3.63, 3.8) is 0 Å². The summed E-state index contributed by atoms with van der Waals surface area (Å²) in [6.07, 6.45) is 0. The van der Waals surface area contributed by atoms with Gasteiger partial charge in [0.05, 0.1) is 0 Å². The third kappa shape index (κ3) is 8.84. The van der Waals surface area contributed by atoms with Gasteiger partial charge in [0.25, 0.3) is 0 Å². The summed E-state index contributed by atoms with van der Waals surface area (Å²) < 4.78 is 0. The summed E-state index contributed by atoms with van der Waals surface area (Å²) in [4.78, 5) is 0. The topological polar surface area (TPSA) is 0 Å². The molecule has 4 heavy (non-hydrogen) atoms. The van der Waals surface area contributed by atoms with Gasteiger partial charge in [-0.05, 0) is 0 Å². The molecular weight excluding hydrogens is 167 g/mol. The molecule has 0 heterocycles. The van der Waals surface area contributed by atoms with Gasteiger partial charge < -0.3 is 0 Å². The van der Waals surface area contributed by atoms with Gasteiger partial charge in [-0.15, -0.1) is 0 Å². The van der Waals surface area contributed by atoms with Crippen molar-refractivity contribution in [2.75, 3.05) is 0 Å². The molecule has 0 aromatic rings. The first-order chi connectivity index (χ1) is 1.41. The molecule has 0 aromatic heterocycles. The Bertz CT molecular complexity index is 6.00. The molecule has 0 aliphatic rings. The number of rotatable bonds is 0. The van der Waals surface area contributed by atoms with Crippen LogP contribution in [0, 0.1) is 0 Å². The summed E-state index contributed by atoms with van der Waals surface area (Å²) in [5.41, 5.74) is 0. The van der Waals surface area contributed by atoms with E-state index in [0.717, 1.165) is 0 Å². The summed E-state index contributed by atoms with van der Waals surface area (Å²) in [6, 6.07) is 0. The third-order valence-electron chi connectivity index (χ3n) is 0. The zero-order valence-electron chi connectivity index (χ0n) is 1.82. The Kier molecular flexibility index (Phi) is 21.7. The first kappa shape index (κ1) is 9.61. The minimum absolute atomic E-state index is 0.